The van der Waals surface area contributed by atoms with Gasteiger partial charge in [0, 0.05) is 14.1 Å². The molecule has 0 amide bonds. The van der Waals surface area contributed by atoms with Gasteiger partial charge in [-0.1, -0.05) is 0 Å². The van der Waals surface area contributed by atoms with Crippen LogP contribution in [-0.4, -0.2) is 31.8 Å². The molecule has 1 aromatic heterocycles. The van der Waals surface area contributed by atoms with Gasteiger partial charge in [0.1, 0.15) is 0 Å². The van der Waals surface area contributed by atoms with Gasteiger partial charge in [0.25, 0.3) is 0 Å². The largest absolute Gasteiger partial charge is 0.337 e. The van der Waals surface area contributed by atoms with Crippen molar-refractivity contribution in [2.45, 2.75) is 4.90 Å². The second-order valence-electron chi connectivity index (χ2n) is 3.46. The second kappa shape index (κ2) is 3.92. The number of H-pyrrole nitrogens is 1. The normalized spacial score (nSPS) is 12.4. The maximum Gasteiger partial charge on any atom is 0.242 e. The smallest absolute Gasteiger partial charge is 0.242 e. The van der Waals surface area contributed by atoms with Crippen molar-refractivity contribution in [3.05, 3.63) is 22.2 Å². The van der Waals surface area contributed by atoms with E-state index in [1.807, 2.05) is 0 Å². The van der Waals surface area contributed by atoms with Crippen molar-refractivity contribution in [2.75, 3.05) is 14.1 Å². The molecule has 16 heavy (non-hydrogen) atoms. The highest BCUT2D eigenvalue weighted by Crippen LogP contribution is 2.23. The molecule has 0 atom stereocenters. The third kappa shape index (κ3) is 1.91. The predicted molar refractivity (Wildman–Crippen MR) is 67.9 cm³/mol. The zero-order chi connectivity index (χ0) is 11.9. The van der Waals surface area contributed by atoms with Gasteiger partial charge in [-0.25, -0.2) is 12.7 Å². The molecule has 86 valence electrons. The Morgan fingerprint density at radius 1 is 1.38 bits per heavy atom. The van der Waals surface area contributed by atoms with Crippen LogP contribution < -0.4 is 0 Å². The van der Waals surface area contributed by atoms with Crippen LogP contribution in [0.5, 0.6) is 0 Å². The van der Waals surface area contributed by atoms with Crippen LogP contribution in [0, 0.1) is 3.95 Å². The molecular weight excluding hydrogens is 264 g/mol. The molecule has 2 rings (SSSR count). The molecule has 0 radical (unpaired) electrons. The number of nitrogens with one attached hydrogen (secondary N) is 1. The number of fused-ring (bicyclic) bond motifs is 1. The SMILES string of the molecule is CN(C)S(=O)(=O)c1ccc2[nH]c(=S)sc2c1. The minimum absolute atomic E-state index is 0.287. The summed E-state index contributed by atoms with van der Waals surface area (Å²) in [7, 11) is -0.342. The van der Waals surface area contributed by atoms with Gasteiger partial charge in [-0.2, -0.15) is 0 Å². The second-order valence-corrected chi connectivity index (χ2v) is 7.33. The molecule has 4 nitrogen and oxygen atoms in total. The molecule has 2 aromatic rings. The standard InChI is InChI=1S/C9H10N2O2S3/c1-11(2)16(12,13)6-3-4-7-8(5-6)15-9(14)10-7/h3-5H,1-2H3,(H,10,14). The Hall–Kier alpha value is -0.760. The fourth-order valence-electron chi connectivity index (χ4n) is 1.30. The first-order valence-electron chi connectivity index (χ1n) is 4.46. The number of benzene rings is 1. The van der Waals surface area contributed by atoms with Crippen LogP contribution in [0.2, 0.25) is 0 Å². The summed E-state index contributed by atoms with van der Waals surface area (Å²) in [4.78, 5) is 3.28. The van der Waals surface area contributed by atoms with E-state index >= 15 is 0 Å². The number of rotatable bonds is 2. The van der Waals surface area contributed by atoms with E-state index < -0.39 is 10.0 Å². The van der Waals surface area contributed by atoms with E-state index in [4.69, 9.17) is 12.2 Å². The van der Waals surface area contributed by atoms with Crippen LogP contribution in [0.4, 0.5) is 0 Å². The highest BCUT2D eigenvalue weighted by atomic mass is 32.2. The van der Waals surface area contributed by atoms with Crippen molar-refractivity contribution in [2.24, 2.45) is 0 Å². The summed E-state index contributed by atoms with van der Waals surface area (Å²) < 4.78 is 26.5. The number of aromatic amines is 1. The topological polar surface area (TPSA) is 53.2 Å². The molecule has 0 aliphatic heterocycles. The number of nitrogens with zero attached hydrogens (tertiary/aromatic N) is 1. The molecule has 0 unspecified atom stereocenters. The van der Waals surface area contributed by atoms with Gasteiger partial charge in [0.05, 0.1) is 15.1 Å². The molecule has 0 fully saturated rings. The summed E-state index contributed by atoms with van der Waals surface area (Å²) in [5.74, 6) is 0. The fourth-order valence-corrected chi connectivity index (χ4v) is 3.45. The Balaban J connectivity index is 2.68. The van der Waals surface area contributed by atoms with Crippen molar-refractivity contribution < 1.29 is 8.42 Å². The lowest BCUT2D eigenvalue weighted by Crippen LogP contribution is -2.22. The number of hydrogen-bond acceptors (Lipinski definition) is 4. The summed E-state index contributed by atoms with van der Waals surface area (Å²) in [5, 5.41) is 0. The monoisotopic (exact) mass is 274 g/mol. The summed E-state index contributed by atoms with van der Waals surface area (Å²) in [6.45, 7) is 0. The van der Waals surface area contributed by atoms with Gasteiger partial charge in [-0.15, -0.1) is 11.3 Å². The Labute approximate surface area is 103 Å². The Morgan fingerprint density at radius 2 is 2.06 bits per heavy atom. The lowest BCUT2D eigenvalue weighted by Gasteiger charge is -2.10. The van der Waals surface area contributed by atoms with Crippen molar-refractivity contribution in [1.82, 2.24) is 9.29 Å². The minimum atomic E-state index is -3.37. The molecule has 0 aliphatic carbocycles. The van der Waals surface area contributed by atoms with E-state index in [1.54, 1.807) is 18.2 Å². The number of thiazole rings is 1. The van der Waals surface area contributed by atoms with Crippen LogP contribution in [-0.2, 0) is 10.0 Å². The maximum absolute atomic E-state index is 11.9. The number of hydrogen-bond donors (Lipinski definition) is 1. The molecular formula is C9H10N2O2S3. The molecule has 0 saturated carbocycles. The summed E-state index contributed by atoms with van der Waals surface area (Å²) in [6.07, 6.45) is 0. The van der Waals surface area contributed by atoms with E-state index in [9.17, 15) is 8.42 Å². The lowest BCUT2D eigenvalue weighted by atomic mass is 10.3. The quantitative estimate of drug-likeness (QED) is 0.854. The zero-order valence-electron chi connectivity index (χ0n) is 8.72. The molecule has 0 spiro atoms. The number of sulfonamides is 1. The highest BCUT2D eigenvalue weighted by Gasteiger charge is 2.17. The van der Waals surface area contributed by atoms with E-state index in [0.29, 0.717) is 3.95 Å². The third-order valence-electron chi connectivity index (χ3n) is 2.17. The Morgan fingerprint density at radius 3 is 2.69 bits per heavy atom. The van der Waals surface area contributed by atoms with E-state index in [1.165, 1.54) is 29.7 Å². The molecule has 1 aromatic carbocycles. The Kier molecular flexibility index (Phi) is 2.87. The average molecular weight is 274 g/mol. The first-order chi connectivity index (χ1) is 7.41. The Bertz CT molecular complexity index is 682. The molecule has 7 heteroatoms. The van der Waals surface area contributed by atoms with Crippen LogP contribution in [0.25, 0.3) is 10.2 Å². The fraction of sp³-hybridized carbons (Fsp3) is 0.222. The van der Waals surface area contributed by atoms with Crippen LogP contribution in [0.1, 0.15) is 0 Å². The van der Waals surface area contributed by atoms with Crippen LogP contribution in [0.15, 0.2) is 23.1 Å². The minimum Gasteiger partial charge on any atom is -0.337 e. The van der Waals surface area contributed by atoms with Gasteiger partial charge >= 0.3 is 0 Å². The lowest BCUT2D eigenvalue weighted by molar-refractivity contribution is 0.521. The maximum atomic E-state index is 11.9. The molecule has 0 saturated heterocycles. The summed E-state index contributed by atoms with van der Waals surface area (Å²) in [6, 6.07) is 4.95. The van der Waals surface area contributed by atoms with Gasteiger partial charge < -0.3 is 4.98 Å². The van der Waals surface area contributed by atoms with Crippen LogP contribution >= 0.6 is 23.6 Å². The highest BCUT2D eigenvalue weighted by molar-refractivity contribution is 7.89. The van der Waals surface area contributed by atoms with E-state index in [2.05, 4.69) is 4.98 Å². The molecule has 1 heterocycles. The van der Waals surface area contributed by atoms with Gasteiger partial charge in [0.15, 0.2) is 3.95 Å². The van der Waals surface area contributed by atoms with Gasteiger partial charge in [0.2, 0.25) is 10.0 Å². The third-order valence-corrected chi connectivity index (χ3v) is 5.18. The summed E-state index contributed by atoms with van der Waals surface area (Å²) in [5.41, 5.74) is 0.868. The van der Waals surface area contributed by atoms with Gasteiger partial charge in [-0.3, -0.25) is 0 Å². The first kappa shape index (κ1) is 11.7. The predicted octanol–water partition coefficient (Wildman–Crippen LogP) is 2.21. The van der Waals surface area contributed by atoms with Crippen molar-refractivity contribution >= 4 is 43.8 Å². The number of aromatic nitrogens is 1. The van der Waals surface area contributed by atoms with Crippen molar-refractivity contribution in [3.8, 4) is 0 Å². The van der Waals surface area contributed by atoms with E-state index in [0.717, 1.165) is 10.2 Å². The molecule has 0 aliphatic rings. The average Bonchev–Trinajstić information content (AvgIpc) is 2.56. The van der Waals surface area contributed by atoms with E-state index in [-0.39, 0.29) is 4.90 Å². The zero-order valence-corrected chi connectivity index (χ0v) is 11.2. The molecule has 1 N–H and O–H groups in total. The first-order valence-corrected chi connectivity index (χ1v) is 7.13. The van der Waals surface area contributed by atoms with Crippen molar-refractivity contribution in [3.63, 3.8) is 0 Å². The van der Waals surface area contributed by atoms with Gasteiger partial charge in [-0.05, 0) is 30.4 Å². The van der Waals surface area contributed by atoms with Crippen LogP contribution in [0.3, 0.4) is 0 Å². The molecule has 0 bridgehead atoms. The summed E-state index contributed by atoms with van der Waals surface area (Å²) >= 11 is 6.37. The van der Waals surface area contributed by atoms with Crippen molar-refractivity contribution in [1.29, 1.82) is 0 Å².